The minimum atomic E-state index is -1.03. The topological polar surface area (TPSA) is 38.7 Å². The lowest BCUT2D eigenvalue weighted by Gasteiger charge is -2.16. The van der Waals surface area contributed by atoms with Gasteiger partial charge < -0.3 is 4.84 Å². The molecule has 3 nitrogen and oxygen atoms in total. The van der Waals surface area contributed by atoms with Crippen molar-refractivity contribution < 1.29 is 9.05 Å². The molecule has 2 atom stereocenters. The van der Waals surface area contributed by atoms with Gasteiger partial charge in [-0.3, -0.25) is 4.21 Å². The number of hydrogen-bond acceptors (Lipinski definition) is 3. The number of nitrogens with zero attached hydrogens (tertiary/aromatic N) is 1. The van der Waals surface area contributed by atoms with E-state index in [0.29, 0.717) is 17.5 Å². The SMILES string of the molecule is CC1=NOCC(CCl)S1=O. The Bertz CT molecular complexity index is 182. The maximum Gasteiger partial charge on any atom is 0.141 e. The molecule has 1 rings (SSSR count). The molecule has 0 N–H and O–H groups in total. The summed E-state index contributed by atoms with van der Waals surface area (Å²) in [5.41, 5.74) is 0. The van der Waals surface area contributed by atoms with E-state index >= 15 is 0 Å². The molecular weight excluding hydrogens is 174 g/mol. The Morgan fingerprint density at radius 3 is 3.20 bits per heavy atom. The molecule has 0 amide bonds. The van der Waals surface area contributed by atoms with E-state index in [1.165, 1.54) is 0 Å². The van der Waals surface area contributed by atoms with Crippen molar-refractivity contribution in [3.63, 3.8) is 0 Å². The maximum atomic E-state index is 11.2. The van der Waals surface area contributed by atoms with Crippen LogP contribution >= 0.6 is 11.6 Å². The van der Waals surface area contributed by atoms with Crippen LogP contribution in [0.3, 0.4) is 0 Å². The average molecular weight is 182 g/mol. The molecule has 0 saturated heterocycles. The van der Waals surface area contributed by atoms with Crippen molar-refractivity contribution >= 4 is 27.4 Å². The summed E-state index contributed by atoms with van der Waals surface area (Å²) in [5.74, 6) is 0.361. The van der Waals surface area contributed by atoms with Crippen LogP contribution in [0.5, 0.6) is 0 Å². The van der Waals surface area contributed by atoms with E-state index in [0.717, 1.165) is 0 Å². The fraction of sp³-hybridized carbons (Fsp3) is 0.800. The van der Waals surface area contributed by atoms with Crippen LogP contribution in [0.4, 0.5) is 0 Å². The highest BCUT2D eigenvalue weighted by Gasteiger charge is 2.23. The van der Waals surface area contributed by atoms with Crippen LogP contribution in [0, 0.1) is 0 Å². The zero-order valence-electron chi connectivity index (χ0n) is 5.54. The molecule has 0 spiro atoms. The number of halogens is 1. The zero-order chi connectivity index (χ0) is 7.56. The first-order chi connectivity index (χ1) is 4.75. The molecule has 0 aromatic carbocycles. The predicted octanol–water partition coefficient (Wildman–Crippen LogP) is 0.706. The zero-order valence-corrected chi connectivity index (χ0v) is 7.11. The lowest BCUT2D eigenvalue weighted by atomic mass is 10.5. The Kier molecular flexibility index (Phi) is 2.68. The van der Waals surface area contributed by atoms with Crippen LogP contribution in [0.25, 0.3) is 0 Å². The molecule has 1 heterocycles. The van der Waals surface area contributed by atoms with Crippen LogP contribution < -0.4 is 0 Å². The average Bonchev–Trinajstić information content (AvgIpc) is 1.95. The van der Waals surface area contributed by atoms with Crippen molar-refractivity contribution in [3.05, 3.63) is 0 Å². The van der Waals surface area contributed by atoms with Gasteiger partial charge in [0.1, 0.15) is 11.7 Å². The third kappa shape index (κ3) is 1.49. The van der Waals surface area contributed by atoms with Crippen molar-refractivity contribution in [1.29, 1.82) is 0 Å². The van der Waals surface area contributed by atoms with Crippen molar-refractivity contribution in [3.8, 4) is 0 Å². The summed E-state index contributed by atoms with van der Waals surface area (Å²) >= 11 is 5.51. The van der Waals surface area contributed by atoms with Crippen LogP contribution in [0.15, 0.2) is 5.16 Å². The second-order valence-corrected chi connectivity index (χ2v) is 4.14. The molecular formula is C5H8ClNO2S. The first-order valence-electron chi connectivity index (χ1n) is 2.89. The highest BCUT2D eigenvalue weighted by molar-refractivity contribution is 8.01. The predicted molar refractivity (Wildman–Crippen MR) is 41.7 cm³/mol. The van der Waals surface area contributed by atoms with Gasteiger partial charge in [0.05, 0.1) is 16.0 Å². The van der Waals surface area contributed by atoms with Crippen LogP contribution in [-0.2, 0) is 15.6 Å². The van der Waals surface area contributed by atoms with Crippen LogP contribution in [0.2, 0.25) is 0 Å². The first kappa shape index (κ1) is 8.01. The first-order valence-corrected chi connectivity index (χ1v) is 4.63. The fourth-order valence-electron chi connectivity index (χ4n) is 0.653. The molecule has 10 heavy (non-hydrogen) atoms. The van der Waals surface area contributed by atoms with Gasteiger partial charge in [0, 0.05) is 5.88 Å². The van der Waals surface area contributed by atoms with Gasteiger partial charge in [-0.15, -0.1) is 11.6 Å². The molecule has 0 saturated carbocycles. The number of hydrogen-bond donors (Lipinski definition) is 0. The Morgan fingerprint density at radius 2 is 2.70 bits per heavy atom. The minimum Gasteiger partial charge on any atom is -0.394 e. The van der Waals surface area contributed by atoms with Crippen LogP contribution in [0.1, 0.15) is 6.92 Å². The molecule has 1 aliphatic rings. The molecule has 2 unspecified atom stereocenters. The van der Waals surface area contributed by atoms with Gasteiger partial charge in [-0.05, 0) is 6.92 Å². The third-order valence-corrected chi connectivity index (χ3v) is 3.34. The molecule has 0 fully saturated rings. The highest BCUT2D eigenvalue weighted by Crippen LogP contribution is 2.08. The monoisotopic (exact) mass is 181 g/mol. The molecule has 5 heteroatoms. The second-order valence-electron chi connectivity index (χ2n) is 1.98. The van der Waals surface area contributed by atoms with Gasteiger partial charge in [0.15, 0.2) is 0 Å². The summed E-state index contributed by atoms with van der Waals surface area (Å²) in [7, 11) is -1.03. The number of oxime groups is 1. The minimum absolute atomic E-state index is 0.0841. The molecule has 0 aromatic heterocycles. The van der Waals surface area contributed by atoms with Crippen molar-refractivity contribution in [2.45, 2.75) is 12.2 Å². The molecule has 0 radical (unpaired) electrons. The molecule has 0 aromatic rings. The van der Waals surface area contributed by atoms with E-state index < -0.39 is 10.8 Å². The summed E-state index contributed by atoms with van der Waals surface area (Å²) < 4.78 is 11.2. The summed E-state index contributed by atoms with van der Waals surface area (Å²) in [6.07, 6.45) is 0. The van der Waals surface area contributed by atoms with Gasteiger partial charge >= 0.3 is 0 Å². The van der Waals surface area contributed by atoms with E-state index in [1.807, 2.05) is 0 Å². The van der Waals surface area contributed by atoms with E-state index in [4.69, 9.17) is 16.4 Å². The van der Waals surface area contributed by atoms with Gasteiger partial charge in [-0.2, -0.15) is 0 Å². The summed E-state index contributed by atoms with van der Waals surface area (Å²) in [5, 5.41) is 4.01. The largest absolute Gasteiger partial charge is 0.394 e. The Hall–Kier alpha value is -0.0900. The Labute approximate surface area is 66.8 Å². The Morgan fingerprint density at radius 1 is 2.00 bits per heavy atom. The molecule has 1 aliphatic heterocycles. The number of rotatable bonds is 1. The smallest absolute Gasteiger partial charge is 0.141 e. The van der Waals surface area contributed by atoms with Gasteiger partial charge in [0.2, 0.25) is 0 Å². The Balaban J connectivity index is 2.68. The van der Waals surface area contributed by atoms with Gasteiger partial charge in [0.25, 0.3) is 0 Å². The highest BCUT2D eigenvalue weighted by atomic mass is 35.5. The number of alkyl halides is 1. The summed E-state index contributed by atoms with van der Waals surface area (Å²) in [6.45, 7) is 2.04. The quantitative estimate of drug-likeness (QED) is 0.559. The molecule has 0 bridgehead atoms. The van der Waals surface area contributed by atoms with E-state index in [2.05, 4.69) is 5.16 Å². The van der Waals surface area contributed by atoms with E-state index in [1.54, 1.807) is 6.92 Å². The lowest BCUT2D eigenvalue weighted by Crippen LogP contribution is -2.30. The van der Waals surface area contributed by atoms with Crippen molar-refractivity contribution in [2.24, 2.45) is 5.16 Å². The fourth-order valence-corrected chi connectivity index (χ4v) is 1.99. The van der Waals surface area contributed by atoms with Crippen molar-refractivity contribution in [2.75, 3.05) is 12.5 Å². The summed E-state index contributed by atoms with van der Waals surface area (Å²) in [6, 6.07) is 0. The van der Waals surface area contributed by atoms with Gasteiger partial charge in [-0.25, -0.2) is 0 Å². The van der Waals surface area contributed by atoms with Crippen LogP contribution in [-0.4, -0.2) is 27.0 Å². The van der Waals surface area contributed by atoms with Crippen molar-refractivity contribution in [1.82, 2.24) is 0 Å². The maximum absolute atomic E-state index is 11.2. The lowest BCUT2D eigenvalue weighted by molar-refractivity contribution is 0.145. The summed E-state index contributed by atoms with van der Waals surface area (Å²) in [4.78, 5) is 4.77. The van der Waals surface area contributed by atoms with Gasteiger partial charge in [-0.1, -0.05) is 5.16 Å². The van der Waals surface area contributed by atoms with E-state index in [-0.39, 0.29) is 5.25 Å². The second kappa shape index (κ2) is 3.34. The third-order valence-electron chi connectivity index (χ3n) is 1.22. The molecule has 0 aliphatic carbocycles. The standard InChI is InChI=1S/C5H8ClNO2S/c1-4-7-9-3-5(2-6)10(4)8/h5H,2-3H2,1H3. The normalized spacial score (nSPS) is 32.8. The molecule has 58 valence electrons. The van der Waals surface area contributed by atoms with E-state index in [9.17, 15) is 4.21 Å².